The zero-order valence-corrected chi connectivity index (χ0v) is 9.47. The van der Waals surface area contributed by atoms with Gasteiger partial charge in [-0.1, -0.05) is 13.8 Å². The maximum atomic E-state index is 12.4. The lowest BCUT2D eigenvalue weighted by atomic mass is 10.0. The quantitative estimate of drug-likeness (QED) is 0.748. The van der Waals surface area contributed by atoms with E-state index in [1.165, 1.54) is 0 Å². The molecule has 0 radical (unpaired) electrons. The Hall–Kier alpha value is -0.780. The lowest BCUT2D eigenvalue weighted by Crippen LogP contribution is -2.51. The fourth-order valence-electron chi connectivity index (χ4n) is 1.91. The van der Waals surface area contributed by atoms with Crippen LogP contribution in [0.15, 0.2) is 0 Å². The van der Waals surface area contributed by atoms with E-state index in [4.69, 9.17) is 0 Å². The Morgan fingerprint density at radius 3 is 2.56 bits per heavy atom. The van der Waals surface area contributed by atoms with Crippen molar-refractivity contribution in [2.75, 3.05) is 19.6 Å². The fourth-order valence-corrected chi connectivity index (χ4v) is 1.91. The molecule has 1 aliphatic rings. The van der Waals surface area contributed by atoms with Crippen molar-refractivity contribution in [2.24, 2.45) is 5.92 Å². The Morgan fingerprint density at radius 2 is 2.06 bits per heavy atom. The third-order valence-electron chi connectivity index (χ3n) is 2.78. The van der Waals surface area contributed by atoms with Crippen LogP contribution >= 0.6 is 0 Å². The van der Waals surface area contributed by atoms with Crippen LogP contribution in [0.25, 0.3) is 0 Å². The normalized spacial score (nSPS) is 23.4. The summed E-state index contributed by atoms with van der Waals surface area (Å²) in [5, 5.41) is 3.05. The molecule has 1 atom stereocenters. The van der Waals surface area contributed by atoms with Gasteiger partial charge >= 0.3 is 12.1 Å². The van der Waals surface area contributed by atoms with Crippen molar-refractivity contribution in [2.45, 2.75) is 32.5 Å². The molecular formula is C10H17F3N2O. The number of nitrogens with one attached hydrogen (secondary N) is 1. The predicted molar refractivity (Wildman–Crippen MR) is 53.9 cm³/mol. The second kappa shape index (κ2) is 5.03. The molecule has 0 spiro atoms. The molecule has 6 heteroatoms. The average molecular weight is 238 g/mol. The van der Waals surface area contributed by atoms with Gasteiger partial charge in [-0.2, -0.15) is 13.2 Å². The minimum Gasteiger partial charge on any atom is -0.330 e. The molecule has 94 valence electrons. The minimum atomic E-state index is -4.77. The Kier molecular flexibility index (Phi) is 4.18. The molecule has 0 aromatic rings. The first-order valence-corrected chi connectivity index (χ1v) is 5.42. The van der Waals surface area contributed by atoms with Crippen LogP contribution in [-0.2, 0) is 4.79 Å². The van der Waals surface area contributed by atoms with Crippen molar-refractivity contribution in [1.29, 1.82) is 0 Å². The Bertz CT molecular complexity index is 253. The molecule has 0 aromatic heterocycles. The van der Waals surface area contributed by atoms with Crippen LogP contribution in [0.5, 0.6) is 0 Å². The summed E-state index contributed by atoms with van der Waals surface area (Å²) in [5.74, 6) is -1.70. The first kappa shape index (κ1) is 13.3. The molecular weight excluding hydrogens is 221 g/mol. The highest BCUT2D eigenvalue weighted by Crippen LogP contribution is 2.23. The van der Waals surface area contributed by atoms with E-state index in [1.54, 1.807) is 0 Å². The zero-order chi connectivity index (χ0) is 12.3. The summed E-state index contributed by atoms with van der Waals surface area (Å²) in [6.07, 6.45) is -4.21. The van der Waals surface area contributed by atoms with Gasteiger partial charge in [0, 0.05) is 19.1 Å². The van der Waals surface area contributed by atoms with Crippen molar-refractivity contribution in [1.82, 2.24) is 10.2 Å². The number of carbonyl (C=O) groups is 1. The number of alkyl halides is 3. The number of carbonyl (C=O) groups excluding carboxylic acids is 1. The molecule has 1 unspecified atom stereocenters. The van der Waals surface area contributed by atoms with E-state index < -0.39 is 12.1 Å². The van der Waals surface area contributed by atoms with Gasteiger partial charge < -0.3 is 10.2 Å². The number of rotatable bonds is 1. The lowest BCUT2D eigenvalue weighted by molar-refractivity contribution is -0.188. The smallest absolute Gasteiger partial charge is 0.330 e. The van der Waals surface area contributed by atoms with E-state index in [0.29, 0.717) is 19.5 Å². The van der Waals surface area contributed by atoms with Crippen molar-refractivity contribution in [3.63, 3.8) is 0 Å². The van der Waals surface area contributed by atoms with Crippen molar-refractivity contribution < 1.29 is 18.0 Å². The molecule has 0 aromatic carbocycles. The van der Waals surface area contributed by atoms with Crippen LogP contribution in [0.4, 0.5) is 13.2 Å². The molecule has 0 aliphatic carbocycles. The topological polar surface area (TPSA) is 32.3 Å². The number of hydrogen-bond donors (Lipinski definition) is 1. The van der Waals surface area contributed by atoms with Crippen LogP contribution < -0.4 is 5.32 Å². The van der Waals surface area contributed by atoms with Crippen LogP contribution in [0, 0.1) is 5.92 Å². The van der Waals surface area contributed by atoms with Gasteiger partial charge in [0.25, 0.3) is 0 Å². The minimum absolute atomic E-state index is 0.0110. The van der Waals surface area contributed by atoms with Crippen molar-refractivity contribution in [3.8, 4) is 0 Å². The first-order chi connectivity index (χ1) is 7.34. The van der Waals surface area contributed by atoms with Crippen LogP contribution in [0.3, 0.4) is 0 Å². The number of amides is 1. The second-order valence-electron chi connectivity index (χ2n) is 4.37. The number of nitrogens with zero attached hydrogens (tertiary/aromatic N) is 1. The maximum absolute atomic E-state index is 12.4. The van der Waals surface area contributed by atoms with Gasteiger partial charge in [0.2, 0.25) is 0 Å². The van der Waals surface area contributed by atoms with Gasteiger partial charge in [0.1, 0.15) is 0 Å². The van der Waals surface area contributed by atoms with Crippen LogP contribution in [0.2, 0.25) is 0 Å². The van der Waals surface area contributed by atoms with E-state index in [2.05, 4.69) is 5.32 Å². The molecule has 1 fully saturated rings. The molecule has 0 bridgehead atoms. The molecule has 0 saturated carbocycles. The van der Waals surface area contributed by atoms with E-state index in [-0.39, 0.29) is 18.5 Å². The van der Waals surface area contributed by atoms with E-state index in [0.717, 1.165) is 4.90 Å². The van der Waals surface area contributed by atoms with Crippen LogP contribution in [0.1, 0.15) is 20.3 Å². The van der Waals surface area contributed by atoms with Crippen molar-refractivity contribution in [3.05, 3.63) is 0 Å². The van der Waals surface area contributed by atoms with Gasteiger partial charge in [-0.15, -0.1) is 0 Å². The summed E-state index contributed by atoms with van der Waals surface area (Å²) in [5.41, 5.74) is 0. The predicted octanol–water partition coefficient (Wildman–Crippen LogP) is 1.40. The molecule has 1 rings (SSSR count). The van der Waals surface area contributed by atoms with Gasteiger partial charge in [-0.3, -0.25) is 4.79 Å². The van der Waals surface area contributed by atoms with E-state index in [1.807, 2.05) is 13.8 Å². The second-order valence-corrected chi connectivity index (χ2v) is 4.37. The van der Waals surface area contributed by atoms with E-state index >= 15 is 0 Å². The molecule has 3 nitrogen and oxygen atoms in total. The largest absolute Gasteiger partial charge is 0.471 e. The molecule has 1 heterocycles. The highest BCUT2D eigenvalue weighted by Gasteiger charge is 2.45. The molecule has 1 saturated heterocycles. The molecule has 16 heavy (non-hydrogen) atoms. The standard InChI is InChI=1S/C10H17F3N2O/c1-7(2)8-6-14-4-3-5-15(8)9(16)10(11,12)13/h7-8,14H,3-6H2,1-2H3. The zero-order valence-electron chi connectivity index (χ0n) is 9.47. The average Bonchev–Trinajstić information content (AvgIpc) is 2.39. The molecule has 1 amide bonds. The summed E-state index contributed by atoms with van der Waals surface area (Å²) < 4.78 is 37.2. The highest BCUT2D eigenvalue weighted by molar-refractivity contribution is 5.82. The van der Waals surface area contributed by atoms with Gasteiger partial charge in [-0.25, -0.2) is 0 Å². The third kappa shape index (κ3) is 3.10. The lowest BCUT2D eigenvalue weighted by Gasteiger charge is -2.33. The van der Waals surface area contributed by atoms with E-state index in [9.17, 15) is 18.0 Å². The van der Waals surface area contributed by atoms with Crippen molar-refractivity contribution >= 4 is 5.91 Å². The molecule has 1 N–H and O–H groups in total. The van der Waals surface area contributed by atoms with Gasteiger partial charge in [-0.05, 0) is 18.9 Å². The highest BCUT2D eigenvalue weighted by atomic mass is 19.4. The molecule has 1 aliphatic heterocycles. The first-order valence-electron chi connectivity index (χ1n) is 5.42. The SMILES string of the molecule is CC(C)C1CNCCCN1C(=O)C(F)(F)F. The summed E-state index contributed by atoms with van der Waals surface area (Å²) >= 11 is 0. The fraction of sp³-hybridized carbons (Fsp3) is 0.900. The summed E-state index contributed by atoms with van der Waals surface area (Å²) in [6.45, 7) is 4.92. The Labute approximate surface area is 93.0 Å². The number of hydrogen-bond acceptors (Lipinski definition) is 2. The summed E-state index contributed by atoms with van der Waals surface area (Å²) in [7, 11) is 0. The summed E-state index contributed by atoms with van der Waals surface area (Å²) in [6, 6.07) is -0.378. The van der Waals surface area contributed by atoms with Crippen LogP contribution in [-0.4, -0.2) is 42.7 Å². The summed E-state index contributed by atoms with van der Waals surface area (Å²) in [4.78, 5) is 12.2. The number of halogens is 3. The Morgan fingerprint density at radius 1 is 1.44 bits per heavy atom. The maximum Gasteiger partial charge on any atom is 0.471 e. The van der Waals surface area contributed by atoms with Gasteiger partial charge in [0.05, 0.1) is 0 Å². The third-order valence-corrected chi connectivity index (χ3v) is 2.78. The Balaban J connectivity index is 2.83. The van der Waals surface area contributed by atoms with Gasteiger partial charge in [0.15, 0.2) is 0 Å². The monoisotopic (exact) mass is 238 g/mol.